The standard InChI is InChI=1S/C18H22BBrFN3O3/c1-17(2)18(3,4)27-19(26-17)16(21)9-14-11-24(23-22-14)10-12-8-13(20)6-7-15(12)25-5/h6-9,11H,10H2,1-5H3. The monoisotopic (exact) mass is 437 g/mol. The van der Waals surface area contributed by atoms with Crippen molar-refractivity contribution in [2.24, 2.45) is 0 Å². The van der Waals surface area contributed by atoms with Gasteiger partial charge in [0.15, 0.2) is 0 Å². The van der Waals surface area contributed by atoms with Gasteiger partial charge in [-0.3, -0.25) is 0 Å². The summed E-state index contributed by atoms with van der Waals surface area (Å²) in [7, 11) is 0.563. The van der Waals surface area contributed by atoms with Crippen LogP contribution in [0, 0.1) is 0 Å². The molecule has 2 aromatic rings. The van der Waals surface area contributed by atoms with Crippen LogP contribution < -0.4 is 4.74 Å². The highest BCUT2D eigenvalue weighted by atomic mass is 79.9. The normalized spacial score (nSPS) is 18.8. The van der Waals surface area contributed by atoms with Crippen LogP contribution in [0.15, 0.2) is 34.6 Å². The van der Waals surface area contributed by atoms with Gasteiger partial charge in [-0.2, -0.15) is 0 Å². The number of methoxy groups -OCH3 is 1. The maximum Gasteiger partial charge on any atom is 0.525 e. The molecule has 0 amide bonds. The number of ether oxygens (including phenoxy) is 1. The third kappa shape index (κ3) is 4.25. The van der Waals surface area contributed by atoms with Gasteiger partial charge in [0.05, 0.1) is 31.1 Å². The molecule has 1 fully saturated rings. The van der Waals surface area contributed by atoms with E-state index >= 15 is 0 Å². The summed E-state index contributed by atoms with van der Waals surface area (Å²) in [4.78, 5) is 0. The minimum atomic E-state index is -1.05. The van der Waals surface area contributed by atoms with E-state index in [4.69, 9.17) is 14.0 Å². The average Bonchev–Trinajstić information content (AvgIpc) is 3.09. The minimum Gasteiger partial charge on any atom is -0.496 e. The molecular formula is C18H22BBrFN3O3. The molecule has 0 bridgehead atoms. The van der Waals surface area contributed by atoms with Gasteiger partial charge in [-0.1, -0.05) is 21.1 Å². The molecule has 27 heavy (non-hydrogen) atoms. The lowest BCUT2D eigenvalue weighted by Gasteiger charge is -2.32. The highest BCUT2D eigenvalue weighted by Gasteiger charge is 2.53. The molecule has 0 unspecified atom stereocenters. The first kappa shape index (κ1) is 20.0. The summed E-state index contributed by atoms with van der Waals surface area (Å²) < 4.78 is 33.9. The average molecular weight is 438 g/mol. The molecular weight excluding hydrogens is 416 g/mol. The second-order valence-electron chi connectivity index (χ2n) is 7.41. The third-order valence-corrected chi connectivity index (χ3v) is 5.39. The summed E-state index contributed by atoms with van der Waals surface area (Å²) in [5.74, 6) is 0.745. The minimum absolute atomic E-state index is 0.385. The topological polar surface area (TPSA) is 58.4 Å². The first-order valence-corrected chi connectivity index (χ1v) is 9.36. The van der Waals surface area contributed by atoms with E-state index in [1.165, 1.54) is 6.08 Å². The molecule has 0 radical (unpaired) electrons. The van der Waals surface area contributed by atoms with Gasteiger partial charge in [-0.05, 0) is 52.0 Å². The van der Waals surface area contributed by atoms with Crippen LogP contribution in [0.5, 0.6) is 5.75 Å². The summed E-state index contributed by atoms with van der Waals surface area (Å²) in [5, 5.41) is 8.06. The quantitative estimate of drug-likeness (QED) is 0.660. The number of benzene rings is 1. The first-order chi connectivity index (χ1) is 12.6. The lowest BCUT2D eigenvalue weighted by atomic mass is 9.87. The van der Waals surface area contributed by atoms with Crippen molar-refractivity contribution in [1.82, 2.24) is 15.0 Å². The maximum absolute atomic E-state index is 14.6. The van der Waals surface area contributed by atoms with Crippen molar-refractivity contribution < 1.29 is 18.4 Å². The van der Waals surface area contributed by atoms with Crippen LogP contribution in [0.25, 0.3) is 6.08 Å². The Hall–Kier alpha value is -1.71. The Morgan fingerprint density at radius 3 is 2.59 bits per heavy atom. The first-order valence-electron chi connectivity index (χ1n) is 8.56. The van der Waals surface area contributed by atoms with Crippen LogP contribution in [0.3, 0.4) is 0 Å². The fraction of sp³-hybridized carbons (Fsp3) is 0.444. The Morgan fingerprint density at radius 1 is 1.30 bits per heavy atom. The molecule has 1 aromatic carbocycles. The zero-order chi connectivity index (χ0) is 19.8. The third-order valence-electron chi connectivity index (χ3n) is 4.90. The van der Waals surface area contributed by atoms with Crippen LogP contribution in [0.4, 0.5) is 4.39 Å². The molecule has 0 aliphatic carbocycles. The van der Waals surface area contributed by atoms with Crippen LogP contribution in [-0.4, -0.2) is 40.4 Å². The van der Waals surface area contributed by atoms with Crippen LogP contribution in [-0.2, 0) is 15.9 Å². The molecule has 1 saturated heterocycles. The highest BCUT2D eigenvalue weighted by Crippen LogP contribution is 2.39. The molecule has 0 spiro atoms. The predicted molar refractivity (Wildman–Crippen MR) is 105 cm³/mol. The summed E-state index contributed by atoms with van der Waals surface area (Å²) in [6.07, 6.45) is 2.94. The zero-order valence-corrected chi connectivity index (χ0v) is 17.6. The number of hydrogen-bond acceptors (Lipinski definition) is 5. The van der Waals surface area contributed by atoms with Gasteiger partial charge in [-0.15, -0.1) is 5.10 Å². The van der Waals surface area contributed by atoms with Crippen LogP contribution in [0.2, 0.25) is 0 Å². The molecule has 1 aliphatic rings. The molecule has 9 heteroatoms. The van der Waals surface area contributed by atoms with Crippen molar-refractivity contribution >= 4 is 29.1 Å². The van der Waals surface area contributed by atoms with Crippen molar-refractivity contribution in [2.45, 2.75) is 45.4 Å². The molecule has 6 nitrogen and oxygen atoms in total. The summed E-state index contributed by atoms with van der Waals surface area (Å²) in [6.45, 7) is 7.95. The Balaban J connectivity index is 1.75. The molecule has 0 N–H and O–H groups in total. The molecule has 2 heterocycles. The smallest absolute Gasteiger partial charge is 0.496 e. The number of nitrogens with zero attached hydrogens (tertiary/aromatic N) is 3. The predicted octanol–water partition coefficient (Wildman–Crippen LogP) is 4.04. The van der Waals surface area contributed by atoms with Gasteiger partial charge in [0.25, 0.3) is 0 Å². The van der Waals surface area contributed by atoms with E-state index in [2.05, 4.69) is 26.2 Å². The van der Waals surface area contributed by atoms with E-state index in [0.717, 1.165) is 15.8 Å². The van der Waals surface area contributed by atoms with E-state index in [1.807, 2.05) is 45.9 Å². The SMILES string of the molecule is COc1ccc(Br)cc1Cn1cc(C=C(F)B2OC(C)(C)C(C)(C)O2)nn1. The second-order valence-corrected chi connectivity index (χ2v) is 8.33. The lowest BCUT2D eigenvalue weighted by Crippen LogP contribution is -2.41. The van der Waals surface area contributed by atoms with Gasteiger partial charge in [0.2, 0.25) is 0 Å². The number of hydrogen-bond donors (Lipinski definition) is 0. The fourth-order valence-electron chi connectivity index (χ4n) is 2.67. The van der Waals surface area contributed by atoms with Crippen molar-refractivity contribution in [1.29, 1.82) is 0 Å². The van der Waals surface area contributed by atoms with Gasteiger partial charge in [0, 0.05) is 10.0 Å². The van der Waals surface area contributed by atoms with E-state index in [1.54, 1.807) is 18.0 Å². The van der Waals surface area contributed by atoms with Crippen molar-refractivity contribution in [2.75, 3.05) is 7.11 Å². The molecule has 144 valence electrons. The fourth-order valence-corrected chi connectivity index (χ4v) is 3.08. The zero-order valence-electron chi connectivity index (χ0n) is 16.0. The molecule has 1 aliphatic heterocycles. The van der Waals surface area contributed by atoms with E-state index in [0.29, 0.717) is 12.2 Å². The molecule has 3 rings (SSSR count). The number of aromatic nitrogens is 3. The van der Waals surface area contributed by atoms with E-state index < -0.39 is 24.0 Å². The van der Waals surface area contributed by atoms with Gasteiger partial charge in [-0.25, -0.2) is 9.07 Å². The van der Waals surface area contributed by atoms with Crippen LogP contribution >= 0.6 is 15.9 Å². The molecule has 0 saturated carbocycles. The Kier molecular flexibility index (Phi) is 5.47. The highest BCUT2D eigenvalue weighted by molar-refractivity contribution is 9.10. The summed E-state index contributed by atoms with van der Waals surface area (Å²) >= 11 is 3.45. The number of rotatable bonds is 5. The van der Waals surface area contributed by atoms with Crippen molar-refractivity contribution in [3.8, 4) is 5.75 Å². The van der Waals surface area contributed by atoms with Gasteiger partial charge < -0.3 is 14.0 Å². The number of halogens is 2. The van der Waals surface area contributed by atoms with Crippen molar-refractivity contribution in [3.05, 3.63) is 45.9 Å². The van der Waals surface area contributed by atoms with E-state index in [9.17, 15) is 4.39 Å². The molecule has 1 aromatic heterocycles. The maximum atomic E-state index is 14.6. The Labute approximate surface area is 167 Å². The molecule has 0 atom stereocenters. The largest absolute Gasteiger partial charge is 0.525 e. The van der Waals surface area contributed by atoms with E-state index in [-0.39, 0.29) is 0 Å². The van der Waals surface area contributed by atoms with Gasteiger partial charge in [0.1, 0.15) is 17.2 Å². The van der Waals surface area contributed by atoms with Gasteiger partial charge >= 0.3 is 7.12 Å². The summed E-state index contributed by atoms with van der Waals surface area (Å²) in [5.41, 5.74) is -0.425. The van der Waals surface area contributed by atoms with Crippen molar-refractivity contribution in [3.63, 3.8) is 0 Å². The Bertz CT molecular complexity index is 853. The summed E-state index contributed by atoms with van der Waals surface area (Å²) in [6, 6.07) is 5.72. The van der Waals surface area contributed by atoms with Crippen LogP contribution in [0.1, 0.15) is 39.0 Å². The Morgan fingerprint density at radius 2 is 1.96 bits per heavy atom. The lowest BCUT2D eigenvalue weighted by molar-refractivity contribution is 0.00578. The second kappa shape index (κ2) is 7.37.